The summed E-state index contributed by atoms with van der Waals surface area (Å²) >= 11 is 0. The minimum absolute atomic E-state index is 0.798. The molecule has 2 N–H and O–H groups in total. The first kappa shape index (κ1) is 26.6. The van der Waals surface area contributed by atoms with Crippen LogP contribution in [0.25, 0.3) is 72.9 Å². The largest absolute Gasteiger partial charge is 0.405 e. The van der Waals surface area contributed by atoms with Crippen LogP contribution >= 0.6 is 0 Å². The Labute approximate surface area is 260 Å². The maximum Gasteiger partial charge on any atom is 0.138 e. The number of nitrogens with two attached hydrogens (primary N) is 1. The van der Waals surface area contributed by atoms with Crippen LogP contribution in [0.2, 0.25) is 0 Å². The summed E-state index contributed by atoms with van der Waals surface area (Å²) in [5.41, 5.74) is 16.1. The number of hydrogen-bond acceptors (Lipinski definition) is 4. The lowest BCUT2D eigenvalue weighted by atomic mass is 10.1. The van der Waals surface area contributed by atoms with E-state index in [2.05, 4.69) is 112 Å². The summed E-state index contributed by atoms with van der Waals surface area (Å²) in [6.07, 6.45) is 8.24. The summed E-state index contributed by atoms with van der Waals surface area (Å²) in [4.78, 5) is 14.8. The Kier molecular flexibility index (Phi) is 6.46. The molecule has 0 bridgehead atoms. The molecule has 0 fully saturated rings. The van der Waals surface area contributed by atoms with Gasteiger partial charge in [0.05, 0.1) is 51.2 Å². The fourth-order valence-electron chi connectivity index (χ4n) is 6.59. The topological polar surface area (TPSA) is 74.5 Å². The summed E-state index contributed by atoms with van der Waals surface area (Å²) < 4.78 is 4.48. The number of rotatable bonds is 6. The molecule has 5 aromatic heterocycles. The molecule has 5 heterocycles. The number of para-hydroxylation sites is 3. The second-order valence-electron chi connectivity index (χ2n) is 11.0. The van der Waals surface area contributed by atoms with Gasteiger partial charge in [0.15, 0.2) is 0 Å². The molecule has 216 valence electrons. The smallest absolute Gasteiger partial charge is 0.138 e. The van der Waals surface area contributed by atoms with Crippen LogP contribution < -0.4 is 5.73 Å². The van der Waals surface area contributed by atoms with Gasteiger partial charge in [-0.3, -0.25) is 9.55 Å². The van der Waals surface area contributed by atoms with E-state index in [-0.39, 0.29) is 0 Å². The molecule has 0 aliphatic rings. The van der Waals surface area contributed by atoms with Crippen molar-refractivity contribution in [3.63, 3.8) is 0 Å². The van der Waals surface area contributed by atoms with Crippen molar-refractivity contribution in [1.82, 2.24) is 24.1 Å². The molecule has 0 aliphatic heterocycles. The number of benzene rings is 3. The van der Waals surface area contributed by atoms with E-state index in [1.54, 1.807) is 6.20 Å². The standard InChI is InChI=1S/C39H30N6/c1-2-26-27-11-3-7-18-35(27)45(37(26)21-23-40)39-20-10-16-33(43-39)32-15-9-14-31(42-32)30-13-5-8-19-36(30)44-34-17-6-4-12-28(34)29-22-24-41-25-38(29)44/h3-25H,2,40H2,1H3/b23-21-. The van der Waals surface area contributed by atoms with E-state index >= 15 is 0 Å². The SMILES string of the molecule is CCc1c(/C=C\N)n(-c2cccc(-c3cccc(-c4ccccc4-n4c5ccccc5c5ccncc54)n3)n2)c2ccccc12. The molecule has 0 aliphatic carbocycles. The molecular weight excluding hydrogens is 552 g/mol. The average molecular weight is 583 g/mol. The summed E-state index contributed by atoms with van der Waals surface area (Å²) in [5, 5.41) is 3.57. The molecule has 6 nitrogen and oxygen atoms in total. The van der Waals surface area contributed by atoms with Crippen molar-refractivity contribution in [1.29, 1.82) is 0 Å². The van der Waals surface area contributed by atoms with Gasteiger partial charge < -0.3 is 10.3 Å². The molecule has 0 radical (unpaired) electrons. The van der Waals surface area contributed by atoms with Crippen molar-refractivity contribution in [2.75, 3.05) is 0 Å². The van der Waals surface area contributed by atoms with Gasteiger partial charge in [-0.2, -0.15) is 0 Å². The third-order valence-electron chi connectivity index (χ3n) is 8.50. The normalized spacial score (nSPS) is 11.8. The van der Waals surface area contributed by atoms with Crippen LogP contribution in [0.1, 0.15) is 18.2 Å². The molecule has 3 aromatic carbocycles. The third kappa shape index (κ3) is 4.30. The average Bonchev–Trinajstić information content (AvgIpc) is 3.61. The van der Waals surface area contributed by atoms with Crippen LogP contribution in [0.3, 0.4) is 0 Å². The van der Waals surface area contributed by atoms with Gasteiger partial charge in [-0.15, -0.1) is 0 Å². The van der Waals surface area contributed by atoms with Crippen molar-refractivity contribution < 1.29 is 0 Å². The molecular formula is C39H30N6. The molecule has 45 heavy (non-hydrogen) atoms. The van der Waals surface area contributed by atoms with Gasteiger partial charge in [0.2, 0.25) is 0 Å². The number of hydrogen-bond donors (Lipinski definition) is 1. The number of aromatic nitrogens is 5. The Bertz CT molecular complexity index is 2340. The maximum absolute atomic E-state index is 5.92. The van der Waals surface area contributed by atoms with Crippen LogP contribution in [0.5, 0.6) is 0 Å². The highest BCUT2D eigenvalue weighted by molar-refractivity contribution is 6.09. The molecule has 0 atom stereocenters. The summed E-state index contributed by atoms with van der Waals surface area (Å²) in [7, 11) is 0. The van der Waals surface area contributed by atoms with Gasteiger partial charge in [-0.1, -0.05) is 73.7 Å². The second-order valence-corrected chi connectivity index (χ2v) is 11.0. The van der Waals surface area contributed by atoms with Crippen molar-refractivity contribution in [3.05, 3.63) is 145 Å². The van der Waals surface area contributed by atoms with Gasteiger partial charge in [0.25, 0.3) is 0 Å². The molecule has 8 rings (SSSR count). The lowest BCUT2D eigenvalue weighted by Crippen LogP contribution is -2.02. The molecule has 8 aromatic rings. The van der Waals surface area contributed by atoms with E-state index < -0.39 is 0 Å². The predicted octanol–water partition coefficient (Wildman–Crippen LogP) is 8.74. The number of fused-ring (bicyclic) bond motifs is 4. The summed E-state index contributed by atoms with van der Waals surface area (Å²) in [6, 6.07) is 39.7. The van der Waals surface area contributed by atoms with Gasteiger partial charge in [-0.05, 0) is 72.8 Å². The number of pyridine rings is 3. The van der Waals surface area contributed by atoms with E-state index in [1.807, 2.05) is 42.7 Å². The zero-order valence-corrected chi connectivity index (χ0v) is 24.8. The Morgan fingerprint density at radius 2 is 1.29 bits per heavy atom. The summed E-state index contributed by atoms with van der Waals surface area (Å²) in [6.45, 7) is 2.17. The molecule has 0 amide bonds. The van der Waals surface area contributed by atoms with Crippen molar-refractivity contribution in [3.8, 4) is 34.2 Å². The van der Waals surface area contributed by atoms with E-state index in [0.29, 0.717) is 0 Å². The summed E-state index contributed by atoms with van der Waals surface area (Å²) in [5.74, 6) is 0.821. The Hall–Kier alpha value is -6.01. The predicted molar refractivity (Wildman–Crippen MR) is 184 cm³/mol. The van der Waals surface area contributed by atoms with Crippen molar-refractivity contribution in [2.45, 2.75) is 13.3 Å². The van der Waals surface area contributed by atoms with E-state index in [4.69, 9.17) is 15.7 Å². The highest BCUT2D eigenvalue weighted by Crippen LogP contribution is 2.36. The van der Waals surface area contributed by atoms with Gasteiger partial charge in [-0.25, -0.2) is 9.97 Å². The molecule has 6 heteroatoms. The van der Waals surface area contributed by atoms with E-state index in [0.717, 1.165) is 62.8 Å². The molecule has 0 saturated carbocycles. The lowest BCUT2D eigenvalue weighted by Gasteiger charge is -2.14. The monoisotopic (exact) mass is 582 g/mol. The molecule has 0 spiro atoms. The van der Waals surface area contributed by atoms with Crippen LogP contribution in [-0.2, 0) is 6.42 Å². The highest BCUT2D eigenvalue weighted by atomic mass is 15.1. The van der Waals surface area contributed by atoms with E-state index in [1.165, 1.54) is 21.7 Å². The maximum atomic E-state index is 5.92. The lowest BCUT2D eigenvalue weighted by molar-refractivity contribution is 1.01. The first-order chi connectivity index (χ1) is 22.3. The van der Waals surface area contributed by atoms with Gasteiger partial charge >= 0.3 is 0 Å². The Morgan fingerprint density at radius 1 is 0.622 bits per heavy atom. The number of aryl methyl sites for hydroxylation is 1. The molecule has 0 saturated heterocycles. The van der Waals surface area contributed by atoms with Gasteiger partial charge in [0, 0.05) is 27.9 Å². The minimum Gasteiger partial charge on any atom is -0.405 e. The second kappa shape index (κ2) is 10.9. The van der Waals surface area contributed by atoms with Crippen LogP contribution in [-0.4, -0.2) is 24.1 Å². The van der Waals surface area contributed by atoms with Crippen LogP contribution in [0, 0.1) is 0 Å². The zero-order valence-electron chi connectivity index (χ0n) is 24.8. The highest BCUT2D eigenvalue weighted by Gasteiger charge is 2.18. The van der Waals surface area contributed by atoms with Crippen molar-refractivity contribution in [2.24, 2.45) is 5.73 Å². The first-order valence-corrected chi connectivity index (χ1v) is 15.1. The van der Waals surface area contributed by atoms with Gasteiger partial charge in [0.1, 0.15) is 5.82 Å². The fourth-order valence-corrected chi connectivity index (χ4v) is 6.59. The third-order valence-corrected chi connectivity index (χ3v) is 8.50. The zero-order chi connectivity index (χ0) is 30.3. The first-order valence-electron chi connectivity index (χ1n) is 15.1. The van der Waals surface area contributed by atoms with Crippen LogP contribution in [0.4, 0.5) is 0 Å². The molecule has 0 unspecified atom stereocenters. The minimum atomic E-state index is 0.798. The number of nitrogens with zero attached hydrogens (tertiary/aromatic N) is 5. The van der Waals surface area contributed by atoms with Crippen LogP contribution in [0.15, 0.2) is 134 Å². The Balaban J connectivity index is 1.28. The quantitative estimate of drug-likeness (QED) is 0.213. The van der Waals surface area contributed by atoms with Crippen molar-refractivity contribution >= 4 is 38.8 Å². The van der Waals surface area contributed by atoms with E-state index in [9.17, 15) is 0 Å². The fraction of sp³-hybridized carbons (Fsp3) is 0.0513. The Morgan fingerprint density at radius 3 is 2.11 bits per heavy atom.